The van der Waals surface area contributed by atoms with Crippen LogP contribution < -0.4 is 16.2 Å². The van der Waals surface area contributed by atoms with Gasteiger partial charge in [0.05, 0.1) is 6.54 Å². The zero-order valence-electron chi connectivity index (χ0n) is 10.0. The van der Waals surface area contributed by atoms with E-state index in [9.17, 15) is 9.59 Å². The lowest BCUT2D eigenvalue weighted by atomic mass is 10.4. The van der Waals surface area contributed by atoms with Crippen LogP contribution in [0.25, 0.3) is 0 Å². The molecular weight excluding hydrogens is 232 g/mol. The molecule has 96 valence electrons. The molecule has 0 spiro atoms. The normalized spacial score (nSPS) is 18.4. The van der Waals surface area contributed by atoms with Crippen LogP contribution in [0, 0.1) is 0 Å². The molecule has 2 aliphatic carbocycles. The highest BCUT2D eigenvalue weighted by molar-refractivity contribution is 5.80. The Morgan fingerprint density at radius 3 is 2.83 bits per heavy atom. The molecule has 0 saturated heterocycles. The molecule has 1 heterocycles. The molecule has 2 saturated carbocycles. The molecule has 3 N–H and O–H groups in total. The fourth-order valence-corrected chi connectivity index (χ4v) is 1.79. The minimum atomic E-state index is -0.169. The molecule has 1 aromatic heterocycles. The van der Waals surface area contributed by atoms with E-state index >= 15 is 0 Å². The van der Waals surface area contributed by atoms with Gasteiger partial charge in [-0.15, -0.1) is 0 Å². The van der Waals surface area contributed by atoms with Gasteiger partial charge in [-0.25, -0.2) is 4.98 Å². The molecule has 18 heavy (non-hydrogen) atoms. The molecular formula is C12H16N4O2. The van der Waals surface area contributed by atoms with E-state index in [1.165, 1.54) is 6.07 Å². The van der Waals surface area contributed by atoms with Gasteiger partial charge in [0.1, 0.15) is 11.6 Å². The van der Waals surface area contributed by atoms with Crippen molar-refractivity contribution < 1.29 is 4.79 Å². The molecule has 2 aliphatic rings. The number of nitrogens with zero attached hydrogens (tertiary/aromatic N) is 1. The van der Waals surface area contributed by atoms with Gasteiger partial charge in [0, 0.05) is 18.0 Å². The van der Waals surface area contributed by atoms with E-state index in [0.29, 0.717) is 17.8 Å². The number of carbonyl (C=O) groups is 1. The molecule has 2 fully saturated rings. The predicted molar refractivity (Wildman–Crippen MR) is 66.5 cm³/mol. The minimum absolute atomic E-state index is 0.0486. The summed E-state index contributed by atoms with van der Waals surface area (Å²) in [5, 5.41) is 5.77. The Morgan fingerprint density at radius 2 is 2.17 bits per heavy atom. The van der Waals surface area contributed by atoms with E-state index in [1.807, 2.05) is 0 Å². The highest BCUT2D eigenvalue weighted by Crippen LogP contribution is 2.37. The topological polar surface area (TPSA) is 86.9 Å². The summed E-state index contributed by atoms with van der Waals surface area (Å²) in [6, 6.07) is 1.74. The smallest absolute Gasteiger partial charge is 0.252 e. The van der Waals surface area contributed by atoms with Gasteiger partial charge in [-0.05, 0) is 25.7 Å². The number of hydrogen-bond donors (Lipinski definition) is 3. The van der Waals surface area contributed by atoms with Gasteiger partial charge in [0.15, 0.2) is 0 Å². The van der Waals surface area contributed by atoms with Crippen LogP contribution in [0.3, 0.4) is 0 Å². The maximum absolute atomic E-state index is 11.5. The fraction of sp³-hybridized carbons (Fsp3) is 0.583. The van der Waals surface area contributed by atoms with Crippen LogP contribution >= 0.6 is 0 Å². The number of rotatable bonds is 5. The fourth-order valence-electron chi connectivity index (χ4n) is 1.79. The Morgan fingerprint density at radius 1 is 1.39 bits per heavy atom. The average molecular weight is 248 g/mol. The molecule has 1 aromatic rings. The summed E-state index contributed by atoms with van der Waals surface area (Å²) < 4.78 is 0. The number of anilines is 1. The van der Waals surface area contributed by atoms with Crippen molar-refractivity contribution in [3.8, 4) is 0 Å². The minimum Gasteiger partial charge on any atom is -0.361 e. The third kappa shape index (κ3) is 2.88. The van der Waals surface area contributed by atoms with Crippen LogP contribution in [0.2, 0.25) is 0 Å². The number of hydrogen-bond acceptors (Lipinski definition) is 4. The zero-order chi connectivity index (χ0) is 12.5. The van der Waals surface area contributed by atoms with E-state index < -0.39 is 0 Å². The first kappa shape index (κ1) is 11.3. The summed E-state index contributed by atoms with van der Waals surface area (Å²) >= 11 is 0. The van der Waals surface area contributed by atoms with E-state index in [-0.39, 0.29) is 18.0 Å². The number of amides is 1. The first-order valence-corrected chi connectivity index (χ1v) is 6.35. The van der Waals surface area contributed by atoms with Crippen LogP contribution in [0.1, 0.15) is 37.4 Å². The van der Waals surface area contributed by atoms with Gasteiger partial charge in [0.2, 0.25) is 5.91 Å². The van der Waals surface area contributed by atoms with E-state index in [1.54, 1.807) is 0 Å². The summed E-state index contributed by atoms with van der Waals surface area (Å²) in [5.74, 6) is 1.55. The van der Waals surface area contributed by atoms with E-state index in [4.69, 9.17) is 0 Å². The summed E-state index contributed by atoms with van der Waals surface area (Å²) in [6.45, 7) is 0.164. The first-order chi connectivity index (χ1) is 8.70. The van der Waals surface area contributed by atoms with Crippen molar-refractivity contribution >= 4 is 11.7 Å². The quantitative estimate of drug-likeness (QED) is 0.701. The Hall–Kier alpha value is -1.85. The molecule has 0 atom stereocenters. The maximum Gasteiger partial charge on any atom is 0.252 e. The average Bonchev–Trinajstić information content (AvgIpc) is 3.18. The second-order valence-corrected chi connectivity index (χ2v) is 4.99. The number of aromatic amines is 1. The summed E-state index contributed by atoms with van der Waals surface area (Å²) in [4.78, 5) is 30.0. The molecule has 6 nitrogen and oxygen atoms in total. The lowest BCUT2D eigenvalue weighted by molar-refractivity contribution is -0.119. The number of aromatic nitrogens is 2. The van der Waals surface area contributed by atoms with Crippen LogP contribution in [0.5, 0.6) is 0 Å². The van der Waals surface area contributed by atoms with Crippen molar-refractivity contribution in [1.82, 2.24) is 15.3 Å². The first-order valence-electron chi connectivity index (χ1n) is 6.35. The molecule has 0 unspecified atom stereocenters. The van der Waals surface area contributed by atoms with Crippen molar-refractivity contribution in [1.29, 1.82) is 0 Å². The molecule has 1 amide bonds. The second kappa shape index (κ2) is 4.44. The van der Waals surface area contributed by atoms with Gasteiger partial charge in [0.25, 0.3) is 5.56 Å². The maximum atomic E-state index is 11.5. The Kier molecular flexibility index (Phi) is 2.77. The third-order valence-corrected chi connectivity index (χ3v) is 3.10. The van der Waals surface area contributed by atoms with E-state index in [0.717, 1.165) is 31.5 Å². The molecule has 0 radical (unpaired) electrons. The summed E-state index contributed by atoms with van der Waals surface area (Å²) in [7, 11) is 0. The number of carbonyl (C=O) groups excluding carboxylic acids is 1. The third-order valence-electron chi connectivity index (χ3n) is 3.10. The SMILES string of the molecule is O=C(CNc1cc(=O)[nH]c(C2CC2)n1)NC1CC1. The van der Waals surface area contributed by atoms with Crippen LogP contribution in [-0.2, 0) is 4.79 Å². The molecule has 0 aromatic carbocycles. The van der Waals surface area contributed by atoms with E-state index in [2.05, 4.69) is 20.6 Å². The van der Waals surface area contributed by atoms with Crippen molar-refractivity contribution in [3.05, 3.63) is 22.2 Å². The van der Waals surface area contributed by atoms with Gasteiger partial charge in [-0.2, -0.15) is 0 Å². The van der Waals surface area contributed by atoms with Crippen molar-refractivity contribution in [2.75, 3.05) is 11.9 Å². The monoisotopic (exact) mass is 248 g/mol. The molecule has 3 rings (SSSR count). The predicted octanol–water partition coefficient (Wildman–Crippen LogP) is 0.338. The lowest BCUT2D eigenvalue weighted by Gasteiger charge is -2.07. The number of nitrogens with one attached hydrogen (secondary N) is 3. The van der Waals surface area contributed by atoms with Gasteiger partial charge in [-0.3, -0.25) is 9.59 Å². The Labute approximate surface area is 104 Å². The highest BCUT2D eigenvalue weighted by atomic mass is 16.2. The summed E-state index contributed by atoms with van der Waals surface area (Å²) in [5.41, 5.74) is -0.169. The van der Waals surface area contributed by atoms with Gasteiger partial charge in [-0.1, -0.05) is 0 Å². The largest absolute Gasteiger partial charge is 0.361 e. The van der Waals surface area contributed by atoms with Crippen LogP contribution in [0.4, 0.5) is 5.82 Å². The lowest BCUT2D eigenvalue weighted by Crippen LogP contribution is -2.31. The van der Waals surface area contributed by atoms with Gasteiger partial charge >= 0.3 is 0 Å². The summed E-state index contributed by atoms with van der Waals surface area (Å²) in [6.07, 6.45) is 4.30. The molecule has 0 aliphatic heterocycles. The van der Waals surface area contributed by atoms with Crippen molar-refractivity contribution in [2.24, 2.45) is 0 Å². The van der Waals surface area contributed by atoms with Crippen LogP contribution in [-0.4, -0.2) is 28.5 Å². The van der Waals surface area contributed by atoms with Gasteiger partial charge < -0.3 is 15.6 Å². The second-order valence-electron chi connectivity index (χ2n) is 4.99. The molecule has 6 heteroatoms. The molecule has 0 bridgehead atoms. The Balaban J connectivity index is 1.60. The standard InChI is InChI=1S/C12H16N4O2/c17-10-5-9(15-12(16-10)7-1-2-7)13-6-11(18)14-8-3-4-8/h5,7-8H,1-4,6H2,(H,14,18)(H2,13,15,16,17). The Bertz CT molecular complexity index is 517. The van der Waals surface area contributed by atoms with Crippen LogP contribution in [0.15, 0.2) is 10.9 Å². The van der Waals surface area contributed by atoms with Crippen molar-refractivity contribution in [3.63, 3.8) is 0 Å². The van der Waals surface area contributed by atoms with Crippen molar-refractivity contribution in [2.45, 2.75) is 37.6 Å². The number of H-pyrrole nitrogens is 1. The highest BCUT2D eigenvalue weighted by Gasteiger charge is 2.26. The zero-order valence-corrected chi connectivity index (χ0v) is 10.0.